The van der Waals surface area contributed by atoms with Crippen LogP contribution >= 0.6 is 23.2 Å². The van der Waals surface area contributed by atoms with Gasteiger partial charge in [0.05, 0.1) is 10.0 Å². The lowest BCUT2D eigenvalue weighted by Gasteiger charge is -2.36. The predicted molar refractivity (Wildman–Crippen MR) is 108 cm³/mol. The number of ether oxygens (including phenoxy) is 1. The highest BCUT2D eigenvalue weighted by atomic mass is 35.5. The Morgan fingerprint density at radius 1 is 1.00 bits per heavy atom. The van der Waals surface area contributed by atoms with Crippen LogP contribution < -0.4 is 15.5 Å². The van der Waals surface area contributed by atoms with Crippen molar-refractivity contribution < 1.29 is 4.74 Å². The van der Waals surface area contributed by atoms with Gasteiger partial charge in [0.15, 0.2) is 0 Å². The molecule has 2 fully saturated rings. The summed E-state index contributed by atoms with van der Waals surface area (Å²) < 4.78 is 5.44. The number of hydrogen-bond acceptors (Lipinski definition) is 7. The Labute approximate surface area is 168 Å². The number of halogens is 2. The van der Waals surface area contributed by atoms with Crippen LogP contribution in [-0.2, 0) is 4.74 Å². The molecule has 2 N–H and O–H groups in total. The van der Waals surface area contributed by atoms with Crippen molar-refractivity contribution in [1.82, 2.24) is 15.0 Å². The summed E-state index contributed by atoms with van der Waals surface area (Å²) in [5, 5.41) is 1.11. The average Bonchev–Trinajstić information content (AvgIpc) is 2.68. The van der Waals surface area contributed by atoms with Gasteiger partial charge in [-0.2, -0.15) is 0 Å². The van der Waals surface area contributed by atoms with Gasteiger partial charge in [-0.1, -0.05) is 23.2 Å². The Kier molecular flexibility index (Phi) is 5.52. The molecule has 0 bridgehead atoms. The second-order valence-electron chi connectivity index (χ2n) is 6.83. The molecule has 4 rings (SSSR count). The van der Waals surface area contributed by atoms with E-state index >= 15 is 0 Å². The lowest BCUT2D eigenvalue weighted by atomic mass is 9.99. The molecule has 27 heavy (non-hydrogen) atoms. The number of nitrogens with two attached hydrogens (primary N) is 1. The second-order valence-corrected chi connectivity index (χ2v) is 7.67. The zero-order chi connectivity index (χ0) is 18.8. The van der Waals surface area contributed by atoms with Gasteiger partial charge < -0.3 is 20.3 Å². The van der Waals surface area contributed by atoms with Crippen molar-refractivity contribution in [1.29, 1.82) is 0 Å². The van der Waals surface area contributed by atoms with Gasteiger partial charge in [-0.3, -0.25) is 0 Å². The van der Waals surface area contributed by atoms with E-state index in [4.69, 9.17) is 38.7 Å². The molecule has 144 valence electrons. The number of nitrogen functional groups attached to an aromatic ring is 1. The van der Waals surface area contributed by atoms with E-state index in [1.54, 1.807) is 12.3 Å². The maximum absolute atomic E-state index is 6.29. The molecular formula is C18H22Cl2N6O. The van der Waals surface area contributed by atoms with E-state index < -0.39 is 0 Å². The van der Waals surface area contributed by atoms with Gasteiger partial charge >= 0.3 is 0 Å². The smallest absolute Gasteiger partial charge is 0.147 e. The maximum atomic E-state index is 6.29. The minimum absolute atomic E-state index is 0.319. The molecule has 0 radical (unpaired) electrons. The fourth-order valence-corrected chi connectivity index (χ4v) is 4.06. The molecule has 0 unspecified atom stereocenters. The van der Waals surface area contributed by atoms with Crippen LogP contribution in [0.15, 0.2) is 18.3 Å². The molecule has 7 nitrogen and oxygen atoms in total. The summed E-state index contributed by atoms with van der Waals surface area (Å²) in [6.07, 6.45) is 3.51. The highest BCUT2D eigenvalue weighted by molar-refractivity contribution is 6.36. The summed E-state index contributed by atoms with van der Waals surface area (Å²) in [6.45, 7) is 4.72. The van der Waals surface area contributed by atoms with Gasteiger partial charge in [0, 0.05) is 57.6 Å². The Morgan fingerprint density at radius 2 is 1.70 bits per heavy atom. The van der Waals surface area contributed by atoms with Crippen LogP contribution in [0.5, 0.6) is 0 Å². The van der Waals surface area contributed by atoms with Crippen molar-refractivity contribution in [2.75, 3.05) is 54.9 Å². The summed E-state index contributed by atoms with van der Waals surface area (Å²) in [5.74, 6) is 3.33. The van der Waals surface area contributed by atoms with E-state index in [1.165, 1.54) is 0 Å². The summed E-state index contributed by atoms with van der Waals surface area (Å²) in [5.41, 5.74) is 6.07. The van der Waals surface area contributed by atoms with Gasteiger partial charge in [0.2, 0.25) is 0 Å². The molecule has 2 aliphatic heterocycles. The van der Waals surface area contributed by atoms with Gasteiger partial charge in [-0.15, -0.1) is 0 Å². The summed E-state index contributed by atoms with van der Waals surface area (Å²) in [4.78, 5) is 18.1. The van der Waals surface area contributed by atoms with Crippen LogP contribution in [0.25, 0.3) is 0 Å². The van der Waals surface area contributed by atoms with Gasteiger partial charge in [0.25, 0.3) is 0 Å². The minimum Gasteiger partial charge on any atom is -0.384 e. The first-order valence-corrected chi connectivity index (χ1v) is 9.89. The SMILES string of the molecule is Nc1cc(N2CCN(c3ncc(Cl)cc3Cl)CC2)nc(C2CCOCC2)n1. The van der Waals surface area contributed by atoms with Crippen molar-refractivity contribution in [2.45, 2.75) is 18.8 Å². The third kappa shape index (κ3) is 4.20. The molecule has 0 atom stereocenters. The Bertz CT molecular complexity index is 806. The first-order valence-electron chi connectivity index (χ1n) is 9.13. The van der Waals surface area contributed by atoms with Gasteiger partial charge in [-0.25, -0.2) is 15.0 Å². The molecule has 2 aliphatic rings. The molecule has 4 heterocycles. The molecule has 0 aromatic carbocycles. The van der Waals surface area contributed by atoms with Crippen molar-refractivity contribution in [3.8, 4) is 0 Å². The van der Waals surface area contributed by atoms with Crippen LogP contribution in [0.1, 0.15) is 24.6 Å². The van der Waals surface area contributed by atoms with E-state index in [2.05, 4.69) is 19.8 Å². The van der Waals surface area contributed by atoms with Crippen LogP contribution in [0.2, 0.25) is 10.0 Å². The number of anilines is 3. The summed E-state index contributed by atoms with van der Waals surface area (Å²) in [7, 11) is 0. The van der Waals surface area contributed by atoms with Gasteiger partial charge in [-0.05, 0) is 18.9 Å². The van der Waals surface area contributed by atoms with E-state index in [0.29, 0.717) is 21.8 Å². The first-order chi connectivity index (χ1) is 13.1. The maximum Gasteiger partial charge on any atom is 0.147 e. The van der Waals surface area contributed by atoms with E-state index in [-0.39, 0.29) is 0 Å². The van der Waals surface area contributed by atoms with E-state index in [9.17, 15) is 0 Å². The number of nitrogens with zero attached hydrogens (tertiary/aromatic N) is 5. The molecule has 2 saturated heterocycles. The number of aromatic nitrogens is 3. The quantitative estimate of drug-likeness (QED) is 0.835. The fraction of sp³-hybridized carbons (Fsp3) is 0.500. The highest BCUT2D eigenvalue weighted by Crippen LogP contribution is 2.29. The number of piperazine rings is 1. The Morgan fingerprint density at radius 3 is 2.41 bits per heavy atom. The number of rotatable bonds is 3. The highest BCUT2D eigenvalue weighted by Gasteiger charge is 2.24. The Balaban J connectivity index is 1.47. The second kappa shape index (κ2) is 8.04. The normalized spacial score (nSPS) is 18.7. The zero-order valence-corrected chi connectivity index (χ0v) is 16.5. The molecule has 0 spiro atoms. The molecule has 0 aliphatic carbocycles. The van der Waals surface area contributed by atoms with Gasteiger partial charge in [0.1, 0.15) is 23.3 Å². The fourth-order valence-electron chi connectivity index (χ4n) is 3.56. The topological polar surface area (TPSA) is 80.4 Å². The molecule has 2 aromatic rings. The molecular weight excluding hydrogens is 387 g/mol. The Hall–Kier alpha value is -1.83. The average molecular weight is 409 g/mol. The molecule has 0 saturated carbocycles. The first kappa shape index (κ1) is 18.5. The monoisotopic (exact) mass is 408 g/mol. The van der Waals surface area contributed by atoms with Crippen molar-refractivity contribution >= 4 is 40.7 Å². The minimum atomic E-state index is 0.319. The number of hydrogen-bond donors (Lipinski definition) is 1. The van der Waals surface area contributed by atoms with Crippen LogP contribution in [-0.4, -0.2) is 54.3 Å². The van der Waals surface area contributed by atoms with E-state index in [1.807, 2.05) is 6.07 Å². The van der Waals surface area contributed by atoms with Crippen LogP contribution in [0.3, 0.4) is 0 Å². The van der Waals surface area contributed by atoms with Crippen molar-refractivity contribution in [2.24, 2.45) is 0 Å². The summed E-state index contributed by atoms with van der Waals surface area (Å²) >= 11 is 12.2. The van der Waals surface area contributed by atoms with Crippen molar-refractivity contribution in [3.05, 3.63) is 34.2 Å². The van der Waals surface area contributed by atoms with E-state index in [0.717, 1.165) is 69.7 Å². The summed E-state index contributed by atoms with van der Waals surface area (Å²) in [6, 6.07) is 3.58. The third-order valence-electron chi connectivity index (χ3n) is 5.03. The third-order valence-corrected chi connectivity index (χ3v) is 5.51. The van der Waals surface area contributed by atoms with Crippen LogP contribution in [0, 0.1) is 0 Å². The lowest BCUT2D eigenvalue weighted by molar-refractivity contribution is 0.0836. The molecule has 2 aromatic heterocycles. The van der Waals surface area contributed by atoms with Crippen LogP contribution in [0.4, 0.5) is 17.5 Å². The molecule has 0 amide bonds. The lowest BCUT2D eigenvalue weighted by Crippen LogP contribution is -2.47. The van der Waals surface area contributed by atoms with Crippen molar-refractivity contribution in [3.63, 3.8) is 0 Å². The standard InChI is InChI=1S/C18H22Cl2N6O/c19-13-9-14(20)18(22-11-13)26-5-3-25(4-6-26)16-10-15(21)23-17(24-16)12-1-7-27-8-2-12/h9-12H,1-8H2,(H2,21,23,24). The number of pyridine rings is 1. The zero-order valence-electron chi connectivity index (χ0n) is 14.9. The largest absolute Gasteiger partial charge is 0.384 e. The molecule has 9 heteroatoms. The predicted octanol–water partition coefficient (Wildman–Crippen LogP) is 2.98.